The van der Waals surface area contributed by atoms with E-state index in [9.17, 15) is 33.1 Å². The van der Waals surface area contributed by atoms with Gasteiger partial charge in [-0.15, -0.1) is 13.2 Å². The summed E-state index contributed by atoms with van der Waals surface area (Å²) in [6, 6.07) is -2.19. The van der Waals surface area contributed by atoms with Crippen molar-refractivity contribution in [2.45, 2.75) is 102 Å². The van der Waals surface area contributed by atoms with E-state index in [4.69, 9.17) is 9.47 Å². The fraction of sp³-hybridized carbons (Fsp3) is 0.714. The smallest absolute Gasteiger partial charge is 0.408 e. The second-order valence-electron chi connectivity index (χ2n) is 11.4. The number of allylic oxidation sites excluding steroid dienone is 1. The molecule has 0 unspecified atom stereocenters. The largest absolute Gasteiger partial charge is 0.466 e. The van der Waals surface area contributed by atoms with Crippen LogP contribution in [0, 0.1) is 11.3 Å². The van der Waals surface area contributed by atoms with E-state index in [0.717, 1.165) is 0 Å². The average Bonchev–Trinajstić information content (AvgIpc) is 3.33. The zero-order valence-electron chi connectivity index (χ0n) is 23.3. The minimum atomic E-state index is -3.03. The number of halogens is 2. The Balaban J connectivity index is 2.21. The fourth-order valence-electron chi connectivity index (χ4n) is 5.07. The lowest BCUT2D eigenvalue weighted by Crippen LogP contribution is -2.52. The maximum atomic E-state index is 14.5. The molecule has 0 spiro atoms. The molecule has 1 aliphatic carbocycles. The Morgan fingerprint density at radius 2 is 1.87 bits per heavy atom. The van der Waals surface area contributed by atoms with Crippen molar-refractivity contribution in [2.75, 3.05) is 13.2 Å². The molecule has 0 aromatic rings. The van der Waals surface area contributed by atoms with Crippen molar-refractivity contribution in [1.29, 1.82) is 0 Å². The van der Waals surface area contributed by atoms with Crippen LogP contribution in [0.5, 0.6) is 0 Å². The molecule has 5 atom stereocenters. The Hall–Kier alpha value is -2.82. The zero-order chi connectivity index (χ0) is 29.6. The quantitative estimate of drug-likeness (QED) is 0.246. The number of ketones is 1. The predicted molar refractivity (Wildman–Crippen MR) is 140 cm³/mol. The van der Waals surface area contributed by atoms with E-state index in [1.165, 1.54) is 17.1 Å². The van der Waals surface area contributed by atoms with Gasteiger partial charge in [0.15, 0.2) is 5.78 Å². The number of aliphatic hydroxyl groups excluding tert-OH is 1. The lowest BCUT2D eigenvalue weighted by molar-refractivity contribution is -0.153. The summed E-state index contributed by atoms with van der Waals surface area (Å²) < 4.78 is 39.4. The number of likely N-dealkylation sites (tertiary alicyclic amines) is 1. The first-order valence-corrected chi connectivity index (χ1v) is 13.4. The van der Waals surface area contributed by atoms with Crippen molar-refractivity contribution in [3.63, 3.8) is 0 Å². The van der Waals surface area contributed by atoms with E-state index < -0.39 is 77.6 Å². The van der Waals surface area contributed by atoms with Crippen LogP contribution in [-0.4, -0.2) is 76.6 Å². The zero-order valence-corrected chi connectivity index (χ0v) is 23.3. The average molecular weight is 557 g/mol. The van der Waals surface area contributed by atoms with Gasteiger partial charge in [-0.1, -0.05) is 12.2 Å². The molecule has 0 bridgehead atoms. The fourth-order valence-corrected chi connectivity index (χ4v) is 5.07. The van der Waals surface area contributed by atoms with Crippen LogP contribution in [0.4, 0.5) is 13.6 Å². The van der Waals surface area contributed by atoms with Crippen molar-refractivity contribution in [3.05, 3.63) is 25.3 Å². The number of aliphatic hydroxyl groups is 1. The third-order valence-electron chi connectivity index (χ3n) is 6.99. The maximum Gasteiger partial charge on any atom is 0.408 e. The van der Waals surface area contributed by atoms with Gasteiger partial charge < -0.3 is 24.8 Å². The Labute approximate surface area is 229 Å². The molecule has 2 amide bonds. The normalized spacial score (nSPS) is 25.4. The Morgan fingerprint density at radius 3 is 2.44 bits per heavy atom. The van der Waals surface area contributed by atoms with Crippen LogP contribution in [0.1, 0.15) is 72.6 Å². The van der Waals surface area contributed by atoms with Crippen molar-refractivity contribution in [1.82, 2.24) is 10.2 Å². The lowest BCUT2D eigenvalue weighted by Gasteiger charge is -2.29. The molecule has 2 fully saturated rings. The molecular weight excluding hydrogens is 514 g/mol. The molecule has 2 aliphatic rings. The first kappa shape index (κ1) is 32.4. The first-order chi connectivity index (χ1) is 18.1. The van der Waals surface area contributed by atoms with Crippen molar-refractivity contribution >= 4 is 23.8 Å². The number of alkyl carbamates (subject to hydrolysis) is 1. The standard InChI is InChI=1S/C28H42F2N2O7/c1-7-10-12-28(29,30)15-18-14-27(18,24(36)38-9-3)16-22(34)21-13-19(33)17-32(21)23(35)20(11-8-2)31-25(37)39-26(4,5)6/h7-8,18-21,33H,1-2,9-17H2,3-6H3,(H,31,37)/t18-,19+,20-,21-,27+/m0/s1. The molecule has 1 aliphatic heterocycles. The number of amides is 2. The number of ether oxygens (including phenoxy) is 2. The number of esters is 1. The maximum absolute atomic E-state index is 14.5. The molecule has 0 aromatic heterocycles. The van der Waals surface area contributed by atoms with Gasteiger partial charge in [0.1, 0.15) is 11.6 Å². The molecule has 1 saturated carbocycles. The van der Waals surface area contributed by atoms with Crippen LogP contribution in [0.25, 0.3) is 0 Å². The molecule has 9 nitrogen and oxygen atoms in total. The number of nitrogens with zero attached hydrogens (tertiary/aromatic N) is 1. The topological polar surface area (TPSA) is 122 Å². The van der Waals surface area contributed by atoms with E-state index in [0.29, 0.717) is 0 Å². The number of Topliss-reactive ketones (excluding diaryl/α,β-unsaturated/α-hetero) is 1. The summed E-state index contributed by atoms with van der Waals surface area (Å²) in [5.74, 6) is -5.65. The van der Waals surface area contributed by atoms with Crippen LogP contribution in [0.3, 0.4) is 0 Å². The highest BCUT2D eigenvalue weighted by molar-refractivity contribution is 5.96. The SMILES string of the molecule is C=CCCC(F)(F)C[C@@H]1C[C@]1(CC(=O)[C@@H]1C[C@@H](O)CN1C(=O)[C@H](CC=C)NC(=O)OC(C)(C)C)C(=O)OCC. The third kappa shape index (κ3) is 8.84. The first-order valence-electron chi connectivity index (χ1n) is 13.4. The molecule has 2 N–H and O–H groups in total. The van der Waals surface area contributed by atoms with E-state index in [-0.39, 0.29) is 45.3 Å². The van der Waals surface area contributed by atoms with Crippen molar-refractivity contribution < 1.29 is 42.5 Å². The van der Waals surface area contributed by atoms with Gasteiger partial charge in [-0.05, 0) is 52.9 Å². The van der Waals surface area contributed by atoms with E-state index in [1.54, 1.807) is 27.7 Å². The monoisotopic (exact) mass is 556 g/mol. The second-order valence-corrected chi connectivity index (χ2v) is 11.4. The van der Waals surface area contributed by atoms with Crippen molar-refractivity contribution in [2.24, 2.45) is 11.3 Å². The molecular formula is C28H42F2N2O7. The summed E-state index contributed by atoms with van der Waals surface area (Å²) in [4.78, 5) is 53.3. The van der Waals surface area contributed by atoms with E-state index in [1.807, 2.05) is 0 Å². The summed E-state index contributed by atoms with van der Waals surface area (Å²) in [6.45, 7) is 13.5. The number of rotatable bonds is 14. The Morgan fingerprint density at radius 1 is 1.21 bits per heavy atom. The molecule has 0 aromatic carbocycles. The highest BCUT2D eigenvalue weighted by Gasteiger charge is 2.64. The van der Waals surface area contributed by atoms with Crippen LogP contribution in [0.15, 0.2) is 25.3 Å². The summed E-state index contributed by atoms with van der Waals surface area (Å²) >= 11 is 0. The van der Waals surface area contributed by atoms with Gasteiger partial charge >= 0.3 is 12.1 Å². The van der Waals surface area contributed by atoms with Gasteiger partial charge in [0.05, 0.1) is 24.2 Å². The van der Waals surface area contributed by atoms with Crippen LogP contribution in [0.2, 0.25) is 0 Å². The number of alkyl halides is 2. The van der Waals surface area contributed by atoms with Gasteiger partial charge in [-0.25, -0.2) is 13.6 Å². The molecule has 1 saturated heterocycles. The van der Waals surface area contributed by atoms with E-state index >= 15 is 0 Å². The summed E-state index contributed by atoms with van der Waals surface area (Å²) in [5.41, 5.74) is -2.21. The minimum Gasteiger partial charge on any atom is -0.466 e. The van der Waals surface area contributed by atoms with Crippen molar-refractivity contribution in [3.8, 4) is 0 Å². The highest BCUT2D eigenvalue weighted by Crippen LogP contribution is 2.60. The summed E-state index contributed by atoms with van der Waals surface area (Å²) in [5, 5.41) is 12.8. The van der Waals surface area contributed by atoms with Crippen LogP contribution >= 0.6 is 0 Å². The second kappa shape index (κ2) is 13.0. The highest BCUT2D eigenvalue weighted by atomic mass is 19.3. The van der Waals surface area contributed by atoms with Gasteiger partial charge in [0, 0.05) is 32.2 Å². The molecule has 220 valence electrons. The summed E-state index contributed by atoms with van der Waals surface area (Å²) in [6.07, 6.45) is -0.212. The number of carbonyl (C=O) groups excluding carboxylic acids is 4. The number of β-amino-alcohol motifs (C(OH)–C–C–N with tert-alkyl or cyclic N) is 1. The Bertz CT molecular complexity index is 949. The number of carbonyl (C=O) groups is 4. The summed E-state index contributed by atoms with van der Waals surface area (Å²) in [7, 11) is 0. The minimum absolute atomic E-state index is 0.0284. The molecule has 0 radical (unpaired) electrons. The predicted octanol–water partition coefficient (Wildman–Crippen LogP) is 3.94. The molecule has 2 rings (SSSR count). The molecule has 11 heteroatoms. The number of hydrogen-bond acceptors (Lipinski definition) is 7. The van der Waals surface area contributed by atoms with Crippen LogP contribution in [-0.2, 0) is 23.9 Å². The van der Waals surface area contributed by atoms with E-state index in [2.05, 4.69) is 18.5 Å². The van der Waals surface area contributed by atoms with Crippen LogP contribution < -0.4 is 5.32 Å². The number of nitrogens with one attached hydrogen (secondary N) is 1. The third-order valence-corrected chi connectivity index (χ3v) is 6.99. The van der Waals surface area contributed by atoms with Gasteiger partial charge in [0.25, 0.3) is 0 Å². The number of hydrogen-bond donors (Lipinski definition) is 2. The Kier molecular flexibility index (Phi) is 10.8. The van der Waals surface area contributed by atoms with Gasteiger partial charge in [-0.3, -0.25) is 14.4 Å². The van der Waals surface area contributed by atoms with Gasteiger partial charge in [0.2, 0.25) is 11.8 Å². The molecule has 39 heavy (non-hydrogen) atoms. The molecule has 1 heterocycles. The lowest BCUT2D eigenvalue weighted by atomic mass is 9.90. The van der Waals surface area contributed by atoms with Gasteiger partial charge in [-0.2, -0.15) is 0 Å².